The molecule has 2 aromatic carbocycles. The Labute approximate surface area is 235 Å². The number of nitrogens with zero attached hydrogens (tertiary/aromatic N) is 2. The van der Waals surface area contributed by atoms with Gasteiger partial charge >= 0.3 is 0 Å². The highest BCUT2D eigenvalue weighted by Crippen LogP contribution is 2.44. The topological polar surface area (TPSA) is 96.7 Å². The fourth-order valence-electron chi connectivity index (χ4n) is 4.36. The normalized spacial score (nSPS) is 17.4. The van der Waals surface area contributed by atoms with Crippen LogP contribution in [-0.2, 0) is 10.0 Å². The lowest BCUT2D eigenvalue weighted by Gasteiger charge is -2.27. The number of hydrogen-bond acceptors (Lipinski definition) is 6. The number of nitrogens with one attached hydrogen (secondary N) is 2. The maximum Gasteiger partial charge on any atom is 0.229 e. The molecule has 0 amide bonds. The molecule has 5 rings (SSSR count). The summed E-state index contributed by atoms with van der Waals surface area (Å²) < 4.78 is 38.2. The Morgan fingerprint density at radius 3 is 2.58 bits per heavy atom. The number of thiocarbonyl (C=S) groups is 1. The Morgan fingerprint density at radius 1 is 1.08 bits per heavy atom. The molecule has 12 heteroatoms. The first-order valence-electron chi connectivity index (χ1n) is 11.4. The van der Waals surface area contributed by atoms with Gasteiger partial charge in [-0.15, -0.1) is 0 Å². The lowest BCUT2D eigenvalue weighted by molar-refractivity contribution is 0.416. The molecule has 2 unspecified atom stereocenters. The van der Waals surface area contributed by atoms with Crippen LogP contribution in [0.4, 0.5) is 11.4 Å². The number of anilines is 2. The Morgan fingerprint density at radius 2 is 1.89 bits per heavy atom. The number of furan rings is 1. The molecule has 2 N–H and O–H groups in total. The van der Waals surface area contributed by atoms with Crippen molar-refractivity contribution in [3.05, 3.63) is 94.4 Å². The first-order valence-corrected chi connectivity index (χ1v) is 14.4. The molecule has 196 valence electrons. The monoisotopic (exact) mass is 588 g/mol. The van der Waals surface area contributed by atoms with E-state index >= 15 is 0 Å². The second-order valence-corrected chi connectivity index (χ2v) is 11.5. The molecule has 1 fully saturated rings. The number of ether oxygens (including phenoxy) is 1. The van der Waals surface area contributed by atoms with Gasteiger partial charge in [0, 0.05) is 17.4 Å². The standard InChI is InChI=1S/C26H22Cl2N4O4S2/c1-35-22-9-7-16(14-20(22)31-38(2,33)34)32-25(24(30-26(32)37)19-5-3-4-12-29-19)23-11-10-21(36-23)15-6-8-17(27)18(28)13-15/h3-14,24-25,31H,1-2H3,(H,30,37). The molecule has 2 aromatic heterocycles. The van der Waals surface area contributed by atoms with Crippen molar-refractivity contribution in [2.45, 2.75) is 12.1 Å². The number of pyridine rings is 1. The van der Waals surface area contributed by atoms with Crippen LogP contribution in [0, 0.1) is 0 Å². The first kappa shape index (κ1) is 26.3. The molecule has 0 radical (unpaired) electrons. The Bertz CT molecular complexity index is 1610. The molecule has 4 aromatic rings. The predicted molar refractivity (Wildman–Crippen MR) is 154 cm³/mol. The average molecular weight is 590 g/mol. The van der Waals surface area contributed by atoms with E-state index in [2.05, 4.69) is 15.0 Å². The minimum Gasteiger partial charge on any atom is -0.495 e. The Balaban J connectivity index is 1.61. The molecule has 0 saturated carbocycles. The third-order valence-corrected chi connectivity index (χ3v) is 7.62. The number of methoxy groups -OCH3 is 1. The van der Waals surface area contributed by atoms with Crippen molar-refractivity contribution in [3.8, 4) is 17.1 Å². The van der Waals surface area contributed by atoms with Gasteiger partial charge in [-0.25, -0.2) is 8.42 Å². The molecule has 1 aliphatic rings. The molecule has 0 aliphatic carbocycles. The van der Waals surface area contributed by atoms with Crippen LogP contribution in [0.15, 0.2) is 77.3 Å². The lowest BCUT2D eigenvalue weighted by Crippen LogP contribution is -2.29. The van der Waals surface area contributed by atoms with E-state index in [9.17, 15) is 8.42 Å². The SMILES string of the molecule is COc1ccc(N2C(=S)NC(c3ccccn3)C2c2ccc(-c3ccc(Cl)c(Cl)c3)o2)cc1NS(C)(=O)=O. The molecule has 38 heavy (non-hydrogen) atoms. The van der Waals surface area contributed by atoms with E-state index in [1.165, 1.54) is 7.11 Å². The number of sulfonamides is 1. The molecule has 0 bridgehead atoms. The predicted octanol–water partition coefficient (Wildman–Crippen LogP) is 6.21. The van der Waals surface area contributed by atoms with E-state index < -0.39 is 16.1 Å². The van der Waals surface area contributed by atoms with Gasteiger partial charge in [0.05, 0.1) is 40.8 Å². The smallest absolute Gasteiger partial charge is 0.229 e. The third-order valence-electron chi connectivity index (χ3n) is 5.98. The lowest BCUT2D eigenvalue weighted by atomic mass is 10.0. The highest BCUT2D eigenvalue weighted by atomic mass is 35.5. The van der Waals surface area contributed by atoms with Crippen LogP contribution < -0.4 is 19.7 Å². The second kappa shape index (κ2) is 10.5. The van der Waals surface area contributed by atoms with Crippen LogP contribution in [-0.4, -0.2) is 31.9 Å². The van der Waals surface area contributed by atoms with Gasteiger partial charge in [0.25, 0.3) is 0 Å². The summed E-state index contributed by atoms with van der Waals surface area (Å²) in [7, 11) is -2.09. The summed E-state index contributed by atoms with van der Waals surface area (Å²) in [5.41, 5.74) is 2.44. The minimum absolute atomic E-state index is 0.284. The largest absolute Gasteiger partial charge is 0.495 e. The highest BCUT2D eigenvalue weighted by molar-refractivity contribution is 7.92. The second-order valence-electron chi connectivity index (χ2n) is 8.59. The van der Waals surface area contributed by atoms with Crippen molar-refractivity contribution in [2.75, 3.05) is 23.0 Å². The van der Waals surface area contributed by atoms with Crippen LogP contribution in [0.3, 0.4) is 0 Å². The van der Waals surface area contributed by atoms with Gasteiger partial charge in [-0.3, -0.25) is 9.71 Å². The highest BCUT2D eigenvalue weighted by Gasteiger charge is 2.42. The number of halogens is 2. The Kier molecular flexibility index (Phi) is 7.23. The summed E-state index contributed by atoms with van der Waals surface area (Å²) in [6.07, 6.45) is 2.79. The first-order chi connectivity index (χ1) is 18.1. The van der Waals surface area contributed by atoms with E-state index in [-0.39, 0.29) is 11.7 Å². The van der Waals surface area contributed by atoms with Gasteiger partial charge in [-0.05, 0) is 72.9 Å². The molecule has 0 spiro atoms. The molecular formula is C26H22Cl2N4O4S2. The van der Waals surface area contributed by atoms with Gasteiger partial charge < -0.3 is 19.4 Å². The molecular weight excluding hydrogens is 567 g/mol. The summed E-state index contributed by atoms with van der Waals surface area (Å²) in [6.45, 7) is 0. The van der Waals surface area contributed by atoms with Crippen molar-refractivity contribution < 1.29 is 17.6 Å². The maximum absolute atomic E-state index is 12.0. The van der Waals surface area contributed by atoms with Crippen LogP contribution >= 0.6 is 35.4 Å². The summed E-state index contributed by atoms with van der Waals surface area (Å²) >= 11 is 18.1. The van der Waals surface area contributed by atoms with Gasteiger partial charge in [0.2, 0.25) is 10.0 Å². The van der Waals surface area contributed by atoms with Gasteiger partial charge in [0.1, 0.15) is 23.3 Å². The number of aromatic nitrogens is 1. The molecule has 2 atom stereocenters. The fraction of sp³-hybridized carbons (Fsp3) is 0.154. The summed E-state index contributed by atoms with van der Waals surface area (Å²) in [5, 5.41) is 4.65. The summed E-state index contributed by atoms with van der Waals surface area (Å²) in [5.74, 6) is 1.59. The van der Waals surface area contributed by atoms with Crippen molar-refractivity contribution in [1.29, 1.82) is 0 Å². The third kappa shape index (κ3) is 5.30. The van der Waals surface area contributed by atoms with Gasteiger partial charge in [-0.2, -0.15) is 0 Å². The molecule has 1 aliphatic heterocycles. The summed E-state index contributed by atoms with van der Waals surface area (Å²) in [6, 6.07) is 19.0. The fourth-order valence-corrected chi connectivity index (χ4v) is 5.57. The quantitative estimate of drug-likeness (QED) is 0.246. The number of rotatable bonds is 7. The number of benzene rings is 2. The Hall–Kier alpha value is -3.31. The summed E-state index contributed by atoms with van der Waals surface area (Å²) in [4.78, 5) is 6.42. The van der Waals surface area contributed by atoms with Crippen LogP contribution in [0.2, 0.25) is 10.0 Å². The minimum atomic E-state index is -3.56. The molecule has 3 heterocycles. The van der Waals surface area contributed by atoms with E-state index in [0.717, 1.165) is 17.5 Å². The average Bonchev–Trinajstić information content (AvgIpc) is 3.50. The zero-order chi connectivity index (χ0) is 27.0. The van der Waals surface area contributed by atoms with Crippen LogP contribution in [0.1, 0.15) is 23.5 Å². The van der Waals surface area contributed by atoms with Crippen molar-refractivity contribution in [2.24, 2.45) is 0 Å². The van der Waals surface area contributed by atoms with E-state index in [1.807, 2.05) is 41.3 Å². The number of hydrogen-bond donors (Lipinski definition) is 2. The van der Waals surface area contributed by atoms with Crippen molar-refractivity contribution >= 4 is 61.9 Å². The molecule has 8 nitrogen and oxygen atoms in total. The van der Waals surface area contributed by atoms with Gasteiger partial charge in [-0.1, -0.05) is 29.3 Å². The van der Waals surface area contributed by atoms with Crippen molar-refractivity contribution in [3.63, 3.8) is 0 Å². The van der Waals surface area contributed by atoms with E-state index in [4.69, 9.17) is 44.6 Å². The van der Waals surface area contributed by atoms with Crippen LogP contribution in [0.25, 0.3) is 11.3 Å². The molecule has 1 saturated heterocycles. The van der Waals surface area contributed by atoms with E-state index in [0.29, 0.717) is 38.1 Å². The zero-order valence-corrected chi connectivity index (χ0v) is 23.3. The zero-order valence-electron chi connectivity index (χ0n) is 20.2. The van der Waals surface area contributed by atoms with E-state index in [1.54, 1.807) is 36.5 Å². The van der Waals surface area contributed by atoms with Crippen molar-refractivity contribution in [1.82, 2.24) is 10.3 Å². The maximum atomic E-state index is 12.0. The van der Waals surface area contributed by atoms with Crippen LogP contribution in [0.5, 0.6) is 5.75 Å². The van der Waals surface area contributed by atoms with Gasteiger partial charge in [0.15, 0.2) is 5.11 Å².